The molecule has 1 aromatic carbocycles. The second-order valence-corrected chi connectivity index (χ2v) is 4.73. The Bertz CT molecular complexity index is 261. The number of thioether (sulfide) groups is 1. The van der Waals surface area contributed by atoms with Gasteiger partial charge in [0, 0.05) is 12.2 Å². The second kappa shape index (κ2) is 7.60. The third kappa shape index (κ3) is 5.09. The first-order valence-electron chi connectivity index (χ1n) is 5.38. The smallest absolute Gasteiger partial charge is 0.0681 e. The fourth-order valence-electron chi connectivity index (χ4n) is 1.28. The molecule has 0 spiro atoms. The fraction of sp³-hybridized carbons (Fsp3) is 0.500. The molecule has 0 unspecified atom stereocenters. The molecule has 2 N–H and O–H groups in total. The van der Waals surface area contributed by atoms with Gasteiger partial charge in [-0.05, 0) is 35.6 Å². The molecule has 0 aromatic heterocycles. The molecule has 3 heteroatoms. The first kappa shape index (κ1) is 12.4. The van der Waals surface area contributed by atoms with Gasteiger partial charge in [-0.2, -0.15) is 11.8 Å². The van der Waals surface area contributed by atoms with Gasteiger partial charge in [0.05, 0.1) is 6.61 Å². The van der Waals surface area contributed by atoms with Crippen LogP contribution in [-0.4, -0.2) is 23.2 Å². The summed E-state index contributed by atoms with van der Waals surface area (Å²) < 4.78 is 0. The summed E-state index contributed by atoms with van der Waals surface area (Å²) >= 11 is 1.98. The number of benzene rings is 1. The predicted octanol–water partition coefficient (Wildman–Crippen LogP) is 2.73. The molecule has 0 radical (unpaired) electrons. The zero-order chi connectivity index (χ0) is 10.9. The van der Waals surface area contributed by atoms with Crippen molar-refractivity contribution in [2.24, 2.45) is 0 Å². The molecule has 15 heavy (non-hydrogen) atoms. The fourth-order valence-corrected chi connectivity index (χ4v) is 1.92. The van der Waals surface area contributed by atoms with Gasteiger partial charge in [0.25, 0.3) is 0 Å². The van der Waals surface area contributed by atoms with Crippen LogP contribution in [0, 0.1) is 0 Å². The van der Waals surface area contributed by atoms with Crippen LogP contribution >= 0.6 is 11.8 Å². The van der Waals surface area contributed by atoms with E-state index in [1.807, 2.05) is 36.0 Å². The number of hydrogen-bond donors (Lipinski definition) is 2. The summed E-state index contributed by atoms with van der Waals surface area (Å²) in [6, 6.07) is 7.92. The third-order valence-electron chi connectivity index (χ3n) is 2.14. The van der Waals surface area contributed by atoms with E-state index in [1.165, 1.54) is 17.9 Å². The topological polar surface area (TPSA) is 32.3 Å². The monoisotopic (exact) mass is 225 g/mol. The Hall–Kier alpha value is -0.670. The van der Waals surface area contributed by atoms with Crippen LogP contribution in [0.3, 0.4) is 0 Å². The van der Waals surface area contributed by atoms with Crippen LogP contribution in [0.5, 0.6) is 0 Å². The Kier molecular flexibility index (Phi) is 6.28. The Morgan fingerprint density at radius 2 is 2.00 bits per heavy atom. The summed E-state index contributed by atoms with van der Waals surface area (Å²) in [5.41, 5.74) is 2.09. The molecule has 0 fully saturated rings. The Balaban J connectivity index is 2.20. The normalized spacial score (nSPS) is 10.3. The Morgan fingerprint density at radius 3 is 2.60 bits per heavy atom. The quantitative estimate of drug-likeness (QED) is 0.700. The zero-order valence-electron chi connectivity index (χ0n) is 9.20. The van der Waals surface area contributed by atoms with Gasteiger partial charge in [-0.1, -0.05) is 19.1 Å². The average molecular weight is 225 g/mol. The molecule has 0 atom stereocenters. The van der Waals surface area contributed by atoms with Crippen molar-refractivity contribution in [3.05, 3.63) is 29.8 Å². The summed E-state index contributed by atoms with van der Waals surface area (Å²) in [7, 11) is 0. The van der Waals surface area contributed by atoms with Crippen molar-refractivity contribution in [1.82, 2.24) is 0 Å². The lowest BCUT2D eigenvalue weighted by Gasteiger charge is -2.06. The lowest BCUT2D eigenvalue weighted by molar-refractivity contribution is 0.282. The van der Waals surface area contributed by atoms with Crippen LogP contribution in [0.1, 0.15) is 18.9 Å². The largest absolute Gasteiger partial charge is 0.392 e. The third-order valence-corrected chi connectivity index (χ3v) is 3.12. The molecule has 1 rings (SSSR count). The Morgan fingerprint density at radius 1 is 1.27 bits per heavy atom. The van der Waals surface area contributed by atoms with Gasteiger partial charge in [0.1, 0.15) is 0 Å². The van der Waals surface area contributed by atoms with Gasteiger partial charge < -0.3 is 10.4 Å². The van der Waals surface area contributed by atoms with Gasteiger partial charge in [-0.25, -0.2) is 0 Å². The maximum atomic E-state index is 8.88. The van der Waals surface area contributed by atoms with Crippen molar-refractivity contribution in [3.63, 3.8) is 0 Å². The van der Waals surface area contributed by atoms with Crippen LogP contribution < -0.4 is 5.32 Å². The van der Waals surface area contributed by atoms with E-state index in [9.17, 15) is 0 Å². The SMILES string of the molecule is CCSCCCNc1ccc(CO)cc1. The van der Waals surface area contributed by atoms with Crippen molar-refractivity contribution in [1.29, 1.82) is 0 Å². The zero-order valence-corrected chi connectivity index (χ0v) is 10.0. The van der Waals surface area contributed by atoms with Gasteiger partial charge in [-0.15, -0.1) is 0 Å². The van der Waals surface area contributed by atoms with E-state index < -0.39 is 0 Å². The molecule has 0 saturated carbocycles. The summed E-state index contributed by atoms with van der Waals surface area (Å²) in [5.74, 6) is 2.42. The van der Waals surface area contributed by atoms with E-state index >= 15 is 0 Å². The van der Waals surface area contributed by atoms with E-state index in [2.05, 4.69) is 12.2 Å². The maximum Gasteiger partial charge on any atom is 0.0681 e. The Labute approximate surface area is 96.1 Å². The molecule has 84 valence electrons. The maximum absolute atomic E-state index is 8.88. The van der Waals surface area contributed by atoms with Crippen molar-refractivity contribution in [2.75, 3.05) is 23.4 Å². The summed E-state index contributed by atoms with van der Waals surface area (Å²) in [5, 5.41) is 12.2. The molecule has 0 aliphatic rings. The van der Waals surface area contributed by atoms with Crippen LogP contribution in [-0.2, 0) is 6.61 Å². The minimum Gasteiger partial charge on any atom is -0.392 e. The van der Waals surface area contributed by atoms with Gasteiger partial charge in [0.2, 0.25) is 0 Å². The van der Waals surface area contributed by atoms with Crippen LogP contribution in [0.25, 0.3) is 0 Å². The van der Waals surface area contributed by atoms with Crippen molar-refractivity contribution in [2.45, 2.75) is 20.0 Å². The highest BCUT2D eigenvalue weighted by Crippen LogP contribution is 2.09. The number of nitrogens with one attached hydrogen (secondary N) is 1. The van der Waals surface area contributed by atoms with Crippen LogP contribution in [0.4, 0.5) is 5.69 Å². The van der Waals surface area contributed by atoms with E-state index in [0.29, 0.717) is 0 Å². The summed E-state index contributed by atoms with van der Waals surface area (Å²) in [6.45, 7) is 3.32. The van der Waals surface area contributed by atoms with Gasteiger partial charge in [-0.3, -0.25) is 0 Å². The van der Waals surface area contributed by atoms with Crippen molar-refractivity contribution >= 4 is 17.4 Å². The first-order chi connectivity index (χ1) is 7.36. The minimum atomic E-state index is 0.118. The number of aliphatic hydroxyl groups is 1. The molecular formula is C12H19NOS. The summed E-state index contributed by atoms with van der Waals surface area (Å²) in [6.07, 6.45) is 1.19. The lowest BCUT2D eigenvalue weighted by atomic mass is 10.2. The minimum absolute atomic E-state index is 0.118. The molecule has 0 heterocycles. The number of anilines is 1. The van der Waals surface area contributed by atoms with Crippen molar-refractivity contribution < 1.29 is 5.11 Å². The molecule has 0 aliphatic heterocycles. The first-order valence-corrected chi connectivity index (χ1v) is 6.53. The highest BCUT2D eigenvalue weighted by molar-refractivity contribution is 7.99. The predicted molar refractivity (Wildman–Crippen MR) is 68.5 cm³/mol. The molecule has 1 aromatic rings. The second-order valence-electron chi connectivity index (χ2n) is 3.33. The van der Waals surface area contributed by atoms with E-state index in [1.54, 1.807) is 0 Å². The molecule has 0 saturated heterocycles. The highest BCUT2D eigenvalue weighted by Gasteiger charge is 1.93. The molecule has 0 bridgehead atoms. The van der Waals surface area contributed by atoms with E-state index in [4.69, 9.17) is 5.11 Å². The molecule has 0 aliphatic carbocycles. The number of hydrogen-bond acceptors (Lipinski definition) is 3. The van der Waals surface area contributed by atoms with Crippen LogP contribution in [0.15, 0.2) is 24.3 Å². The lowest BCUT2D eigenvalue weighted by Crippen LogP contribution is -2.02. The van der Waals surface area contributed by atoms with E-state index in [-0.39, 0.29) is 6.61 Å². The number of rotatable bonds is 7. The molecule has 0 amide bonds. The van der Waals surface area contributed by atoms with Gasteiger partial charge >= 0.3 is 0 Å². The van der Waals surface area contributed by atoms with Crippen molar-refractivity contribution in [3.8, 4) is 0 Å². The van der Waals surface area contributed by atoms with E-state index in [0.717, 1.165) is 17.8 Å². The molecular weight excluding hydrogens is 206 g/mol. The standard InChI is InChI=1S/C12H19NOS/c1-2-15-9-3-8-13-12-6-4-11(10-14)5-7-12/h4-7,13-14H,2-3,8-10H2,1H3. The highest BCUT2D eigenvalue weighted by atomic mass is 32.2. The number of aliphatic hydroxyl groups excluding tert-OH is 1. The van der Waals surface area contributed by atoms with Gasteiger partial charge in [0.15, 0.2) is 0 Å². The summed E-state index contributed by atoms with van der Waals surface area (Å²) in [4.78, 5) is 0. The molecule has 2 nitrogen and oxygen atoms in total. The van der Waals surface area contributed by atoms with Crippen LogP contribution in [0.2, 0.25) is 0 Å². The average Bonchev–Trinajstić information content (AvgIpc) is 2.30.